The minimum atomic E-state index is -4.98. The molecule has 1 amide bonds. The van der Waals surface area contributed by atoms with Gasteiger partial charge in [-0.15, -0.1) is 0 Å². The number of Topliss-reactive ketones (excluding diaryl/α,β-unsaturated/α-hetero) is 1. The van der Waals surface area contributed by atoms with Crippen molar-refractivity contribution >= 4 is 22.7 Å². The Morgan fingerprint density at radius 3 is 2.31 bits per heavy atom. The molecule has 5 nitrogen and oxygen atoms in total. The second kappa shape index (κ2) is 7.97. The Morgan fingerprint density at radius 2 is 1.67 bits per heavy atom. The Hall–Kier alpha value is -3.56. The lowest BCUT2D eigenvalue weighted by Gasteiger charge is -2.60. The molecule has 2 N–H and O–H groups in total. The van der Waals surface area contributed by atoms with Gasteiger partial charge in [0.25, 0.3) is 17.6 Å². The minimum absolute atomic E-state index is 0.158. The summed E-state index contributed by atoms with van der Waals surface area (Å²) in [7, 11) is 0. The predicted molar refractivity (Wildman–Crippen MR) is 122 cm³/mol. The van der Waals surface area contributed by atoms with Gasteiger partial charge in [0.2, 0.25) is 0 Å². The molecule has 0 spiro atoms. The molecule has 188 valence electrons. The standard InChI is InChI=1S/C26H22F5N3O2/c1-2-25(27,28)17-8-9-18-19(12-17)33-22(32-18)23-10-3-11-24(13-23,14-23)34-21(36)16-6-4-15(5-7-16)20(35)26(29,30)31/h2,4-9,12H,1,3,10-11,13-14H2,(H,32,33)(H,34,36). The van der Waals surface area contributed by atoms with Gasteiger partial charge in [-0.25, -0.2) is 4.98 Å². The highest BCUT2D eigenvalue weighted by Gasteiger charge is 2.60. The first kappa shape index (κ1) is 24.1. The molecule has 1 aromatic heterocycles. The molecule has 2 bridgehead atoms. The number of ketones is 1. The Balaban J connectivity index is 1.32. The number of carbonyl (C=O) groups excluding carboxylic acids is 2. The highest BCUT2D eigenvalue weighted by atomic mass is 19.4. The molecular formula is C26H22F5N3O2. The molecule has 0 radical (unpaired) electrons. The maximum atomic E-state index is 14.0. The molecule has 0 saturated heterocycles. The van der Waals surface area contributed by atoms with E-state index in [1.54, 1.807) is 6.07 Å². The summed E-state index contributed by atoms with van der Waals surface area (Å²) < 4.78 is 65.9. The zero-order valence-electron chi connectivity index (χ0n) is 19.0. The quantitative estimate of drug-likeness (QED) is 0.247. The van der Waals surface area contributed by atoms with Crippen LogP contribution >= 0.6 is 0 Å². The number of hydrogen-bond acceptors (Lipinski definition) is 3. The van der Waals surface area contributed by atoms with E-state index in [2.05, 4.69) is 21.9 Å². The summed E-state index contributed by atoms with van der Waals surface area (Å²) in [5, 5.41) is 3.02. The molecule has 3 aliphatic rings. The van der Waals surface area contributed by atoms with Gasteiger partial charge in [0.05, 0.1) is 11.0 Å². The third-order valence-electron chi connectivity index (χ3n) is 7.34. The van der Waals surface area contributed by atoms with Crippen LogP contribution < -0.4 is 5.32 Å². The number of rotatable bonds is 6. The number of carbonyl (C=O) groups is 2. The van der Waals surface area contributed by atoms with Gasteiger partial charge in [0.15, 0.2) is 0 Å². The molecular weight excluding hydrogens is 481 g/mol. The van der Waals surface area contributed by atoms with Crippen molar-refractivity contribution in [2.24, 2.45) is 0 Å². The van der Waals surface area contributed by atoms with E-state index in [1.807, 2.05) is 0 Å². The van der Waals surface area contributed by atoms with Crippen molar-refractivity contribution in [3.63, 3.8) is 0 Å². The highest BCUT2D eigenvalue weighted by molar-refractivity contribution is 6.01. The molecule has 3 saturated carbocycles. The SMILES string of the molecule is C=CC(F)(F)c1ccc2nc(C34CCCC(NC(=O)c5ccc(C(=O)C(F)(F)F)cc5)(C3)C4)[nH]c2c1. The Morgan fingerprint density at radius 1 is 1.00 bits per heavy atom. The normalized spacial score (nSPS) is 23.7. The van der Waals surface area contributed by atoms with Crippen LogP contribution in [0.25, 0.3) is 11.0 Å². The van der Waals surface area contributed by atoms with Crippen LogP contribution in [0.3, 0.4) is 0 Å². The number of allylic oxidation sites excluding steroid dienone is 1. The number of hydrogen-bond donors (Lipinski definition) is 2. The summed E-state index contributed by atoms with van der Waals surface area (Å²) >= 11 is 0. The van der Waals surface area contributed by atoms with Crippen LogP contribution in [0.15, 0.2) is 55.1 Å². The molecule has 2 aromatic carbocycles. The number of benzene rings is 2. The van der Waals surface area contributed by atoms with Crippen LogP contribution in [0.4, 0.5) is 22.0 Å². The molecule has 10 heteroatoms. The van der Waals surface area contributed by atoms with E-state index in [0.29, 0.717) is 35.8 Å². The van der Waals surface area contributed by atoms with Crippen molar-refractivity contribution in [3.8, 4) is 0 Å². The van der Waals surface area contributed by atoms with E-state index in [0.717, 1.165) is 31.4 Å². The van der Waals surface area contributed by atoms with Gasteiger partial charge in [0, 0.05) is 27.6 Å². The fourth-order valence-corrected chi connectivity index (χ4v) is 5.63. The van der Waals surface area contributed by atoms with E-state index < -0.39 is 34.9 Å². The van der Waals surface area contributed by atoms with Crippen molar-refractivity contribution in [2.45, 2.75) is 55.2 Å². The van der Waals surface area contributed by atoms with Gasteiger partial charge in [-0.1, -0.05) is 31.2 Å². The zero-order valence-corrected chi connectivity index (χ0v) is 19.0. The van der Waals surface area contributed by atoms with E-state index in [4.69, 9.17) is 0 Å². The van der Waals surface area contributed by atoms with Crippen molar-refractivity contribution in [3.05, 3.63) is 77.6 Å². The monoisotopic (exact) mass is 503 g/mol. The number of fused-ring (bicyclic) bond motifs is 3. The van der Waals surface area contributed by atoms with Crippen LogP contribution in [0.5, 0.6) is 0 Å². The average molecular weight is 503 g/mol. The number of aromatic nitrogens is 2. The second-order valence-electron chi connectivity index (χ2n) is 9.77. The van der Waals surface area contributed by atoms with E-state index in [-0.39, 0.29) is 16.5 Å². The topological polar surface area (TPSA) is 74.8 Å². The van der Waals surface area contributed by atoms with Gasteiger partial charge < -0.3 is 10.3 Å². The summed E-state index contributed by atoms with van der Waals surface area (Å²) in [6.07, 6.45) is -0.801. The number of aromatic amines is 1. The fraction of sp³-hybridized carbons (Fsp3) is 0.346. The molecule has 3 fully saturated rings. The van der Waals surface area contributed by atoms with Gasteiger partial charge in [0.1, 0.15) is 5.82 Å². The van der Waals surface area contributed by atoms with Crippen LogP contribution in [-0.4, -0.2) is 33.4 Å². The number of H-pyrrole nitrogens is 1. The maximum absolute atomic E-state index is 14.0. The second-order valence-corrected chi connectivity index (χ2v) is 9.77. The predicted octanol–water partition coefficient (Wildman–Crippen LogP) is 5.97. The van der Waals surface area contributed by atoms with Crippen LogP contribution in [0, 0.1) is 0 Å². The molecule has 0 unspecified atom stereocenters. The molecule has 3 aliphatic carbocycles. The van der Waals surface area contributed by atoms with E-state index in [1.165, 1.54) is 24.3 Å². The number of amides is 1. The third-order valence-corrected chi connectivity index (χ3v) is 7.34. The summed E-state index contributed by atoms with van der Waals surface area (Å²) in [6, 6.07) is 8.63. The lowest BCUT2D eigenvalue weighted by Crippen LogP contribution is -2.66. The lowest BCUT2D eigenvalue weighted by atomic mass is 9.49. The van der Waals surface area contributed by atoms with Gasteiger partial charge >= 0.3 is 6.18 Å². The molecule has 36 heavy (non-hydrogen) atoms. The smallest absolute Gasteiger partial charge is 0.347 e. The highest BCUT2D eigenvalue weighted by Crippen LogP contribution is 2.58. The number of nitrogens with one attached hydrogen (secondary N) is 2. The van der Waals surface area contributed by atoms with E-state index >= 15 is 0 Å². The fourth-order valence-electron chi connectivity index (χ4n) is 5.63. The third kappa shape index (κ3) is 3.98. The number of alkyl halides is 5. The average Bonchev–Trinajstić information content (AvgIpc) is 3.27. The first-order valence-electron chi connectivity index (χ1n) is 11.4. The van der Waals surface area contributed by atoms with Gasteiger partial charge in [-0.3, -0.25) is 9.59 Å². The van der Waals surface area contributed by atoms with Crippen molar-refractivity contribution in [1.82, 2.24) is 15.3 Å². The summed E-state index contributed by atoms with van der Waals surface area (Å²) in [6.45, 7) is 3.19. The first-order chi connectivity index (χ1) is 16.9. The number of imidazole rings is 1. The molecule has 1 heterocycles. The van der Waals surface area contributed by atoms with Crippen molar-refractivity contribution in [1.29, 1.82) is 0 Å². The largest absolute Gasteiger partial charge is 0.454 e. The number of halogens is 5. The Labute approximate surface area is 202 Å². The van der Waals surface area contributed by atoms with Crippen molar-refractivity contribution < 1.29 is 31.5 Å². The van der Waals surface area contributed by atoms with Crippen molar-refractivity contribution in [2.75, 3.05) is 0 Å². The number of nitrogens with zero attached hydrogens (tertiary/aromatic N) is 1. The minimum Gasteiger partial charge on any atom is -0.347 e. The summed E-state index contributed by atoms with van der Waals surface area (Å²) in [4.78, 5) is 32.0. The van der Waals surface area contributed by atoms with E-state index in [9.17, 15) is 31.5 Å². The first-order valence-corrected chi connectivity index (χ1v) is 11.4. The molecule has 0 aliphatic heterocycles. The van der Waals surface area contributed by atoms with Crippen LogP contribution in [-0.2, 0) is 11.3 Å². The Bertz CT molecular complexity index is 1370. The molecule has 3 aromatic rings. The summed E-state index contributed by atoms with van der Waals surface area (Å²) in [5.41, 5.74) is -0.297. The van der Waals surface area contributed by atoms with Crippen LogP contribution in [0.2, 0.25) is 0 Å². The maximum Gasteiger partial charge on any atom is 0.454 e. The molecule has 0 atom stereocenters. The molecule has 6 rings (SSSR count). The zero-order chi connectivity index (χ0) is 25.9. The van der Waals surface area contributed by atoms with Crippen LogP contribution in [0.1, 0.15) is 64.2 Å². The van der Waals surface area contributed by atoms with Gasteiger partial charge in [-0.05, 0) is 56.0 Å². The van der Waals surface area contributed by atoms with Gasteiger partial charge in [-0.2, -0.15) is 22.0 Å². The lowest BCUT2D eigenvalue weighted by molar-refractivity contribution is -0.0885. The summed E-state index contributed by atoms with van der Waals surface area (Å²) in [5.74, 6) is -4.86. The Kier molecular flexibility index (Phi) is 5.35.